The van der Waals surface area contributed by atoms with Gasteiger partial charge in [-0.2, -0.15) is 0 Å². The monoisotopic (exact) mass is 255 g/mol. The summed E-state index contributed by atoms with van der Waals surface area (Å²) in [4.78, 5) is 0. The molecule has 1 rings (SSSR count). The summed E-state index contributed by atoms with van der Waals surface area (Å²) >= 11 is 0. The zero-order valence-electron chi connectivity index (χ0n) is 11.3. The molecule has 0 aliphatic carbocycles. The Morgan fingerprint density at radius 1 is 1.22 bits per heavy atom. The number of aryl methyl sites for hydroxylation is 1. The number of hydrogen-bond acceptors (Lipinski definition) is 3. The maximum Gasteiger partial charge on any atom is 0.169 e. The van der Waals surface area contributed by atoms with Gasteiger partial charge in [-0.25, -0.2) is 4.39 Å². The van der Waals surface area contributed by atoms with Gasteiger partial charge in [0.15, 0.2) is 6.29 Å². The minimum atomic E-state index is -0.222. The van der Waals surface area contributed by atoms with E-state index in [0.29, 0.717) is 26.3 Å². The molecular weight excluding hydrogens is 233 g/mol. The summed E-state index contributed by atoms with van der Waals surface area (Å²) in [7, 11) is 0. The van der Waals surface area contributed by atoms with E-state index >= 15 is 0 Å². The molecule has 0 bridgehead atoms. The van der Waals surface area contributed by atoms with Crippen molar-refractivity contribution in [1.82, 2.24) is 5.32 Å². The van der Waals surface area contributed by atoms with E-state index in [2.05, 4.69) is 5.32 Å². The highest BCUT2D eigenvalue weighted by Crippen LogP contribution is 2.09. The Hall–Kier alpha value is -0.970. The van der Waals surface area contributed by atoms with Crippen LogP contribution in [0.25, 0.3) is 0 Å². The molecule has 0 unspecified atom stereocenters. The minimum absolute atomic E-state index is 0.197. The summed E-state index contributed by atoms with van der Waals surface area (Å²) in [5.74, 6) is -0.197. The molecular formula is C14H22FNO2. The molecule has 3 nitrogen and oxygen atoms in total. The SMILES string of the molecule is CCOC(CNCc1ccc(F)cc1C)OCC. The molecule has 4 heteroatoms. The third-order valence-corrected chi connectivity index (χ3v) is 2.64. The zero-order valence-corrected chi connectivity index (χ0v) is 11.3. The molecule has 1 aromatic carbocycles. The molecule has 0 atom stereocenters. The van der Waals surface area contributed by atoms with Crippen LogP contribution in [0.4, 0.5) is 4.39 Å². The van der Waals surface area contributed by atoms with E-state index in [-0.39, 0.29) is 12.1 Å². The third-order valence-electron chi connectivity index (χ3n) is 2.64. The number of hydrogen-bond donors (Lipinski definition) is 1. The van der Waals surface area contributed by atoms with E-state index in [4.69, 9.17) is 9.47 Å². The van der Waals surface area contributed by atoms with Gasteiger partial charge in [-0.15, -0.1) is 0 Å². The first-order chi connectivity index (χ1) is 8.67. The summed E-state index contributed by atoms with van der Waals surface area (Å²) in [5, 5.41) is 3.26. The second-order valence-corrected chi connectivity index (χ2v) is 4.04. The summed E-state index contributed by atoms with van der Waals surface area (Å²) in [5.41, 5.74) is 2.04. The van der Waals surface area contributed by atoms with Gasteiger partial charge >= 0.3 is 0 Å². The second-order valence-electron chi connectivity index (χ2n) is 4.04. The standard InChI is InChI=1S/C14H22FNO2/c1-4-17-14(18-5-2)10-16-9-12-6-7-13(15)8-11(12)3/h6-8,14,16H,4-5,9-10H2,1-3H3. The van der Waals surface area contributed by atoms with Gasteiger partial charge in [0.2, 0.25) is 0 Å². The van der Waals surface area contributed by atoms with Crippen molar-refractivity contribution < 1.29 is 13.9 Å². The van der Waals surface area contributed by atoms with Crippen LogP contribution in [0, 0.1) is 12.7 Å². The average molecular weight is 255 g/mol. The Morgan fingerprint density at radius 2 is 1.89 bits per heavy atom. The van der Waals surface area contributed by atoms with E-state index in [1.165, 1.54) is 6.07 Å². The van der Waals surface area contributed by atoms with Crippen molar-refractivity contribution in [3.63, 3.8) is 0 Å². The van der Waals surface area contributed by atoms with Crippen molar-refractivity contribution in [2.75, 3.05) is 19.8 Å². The van der Waals surface area contributed by atoms with Gasteiger partial charge in [-0.05, 0) is 44.0 Å². The normalized spacial score (nSPS) is 11.2. The third kappa shape index (κ3) is 5.12. The quantitative estimate of drug-likeness (QED) is 0.724. The first kappa shape index (κ1) is 15.1. The number of benzene rings is 1. The molecule has 0 radical (unpaired) electrons. The van der Waals surface area contributed by atoms with Crippen molar-refractivity contribution in [2.45, 2.75) is 33.6 Å². The van der Waals surface area contributed by atoms with Crippen molar-refractivity contribution in [1.29, 1.82) is 0 Å². The van der Waals surface area contributed by atoms with Crippen LogP contribution in [-0.2, 0) is 16.0 Å². The molecule has 102 valence electrons. The molecule has 0 spiro atoms. The predicted octanol–water partition coefficient (Wildman–Crippen LogP) is 2.62. The van der Waals surface area contributed by atoms with E-state index < -0.39 is 0 Å². The zero-order chi connectivity index (χ0) is 13.4. The molecule has 0 aromatic heterocycles. The number of nitrogens with one attached hydrogen (secondary N) is 1. The van der Waals surface area contributed by atoms with Crippen LogP contribution in [0.5, 0.6) is 0 Å². The summed E-state index contributed by atoms with van der Waals surface area (Å²) in [6.07, 6.45) is -0.222. The fraction of sp³-hybridized carbons (Fsp3) is 0.571. The Balaban J connectivity index is 2.39. The van der Waals surface area contributed by atoms with Gasteiger partial charge in [0.05, 0.1) is 0 Å². The largest absolute Gasteiger partial charge is 0.352 e. The van der Waals surface area contributed by atoms with E-state index in [1.54, 1.807) is 12.1 Å². The molecule has 0 amide bonds. The first-order valence-electron chi connectivity index (χ1n) is 6.36. The maximum absolute atomic E-state index is 12.9. The molecule has 18 heavy (non-hydrogen) atoms. The number of rotatable bonds is 8. The first-order valence-corrected chi connectivity index (χ1v) is 6.36. The lowest BCUT2D eigenvalue weighted by Gasteiger charge is -2.17. The molecule has 0 saturated heterocycles. The van der Waals surface area contributed by atoms with Gasteiger partial charge in [0, 0.05) is 26.3 Å². The maximum atomic E-state index is 12.9. The summed E-state index contributed by atoms with van der Waals surface area (Å²) in [6, 6.07) is 4.82. The lowest BCUT2D eigenvalue weighted by atomic mass is 10.1. The molecule has 1 N–H and O–H groups in total. The van der Waals surface area contributed by atoms with Gasteiger partial charge < -0.3 is 14.8 Å². The number of ether oxygens (including phenoxy) is 2. The van der Waals surface area contributed by atoms with Crippen LogP contribution >= 0.6 is 0 Å². The lowest BCUT2D eigenvalue weighted by Crippen LogP contribution is -2.31. The van der Waals surface area contributed by atoms with Gasteiger partial charge in [-0.1, -0.05) is 6.07 Å². The molecule has 1 aromatic rings. The van der Waals surface area contributed by atoms with Crippen LogP contribution in [0.15, 0.2) is 18.2 Å². The Labute approximate surface area is 108 Å². The fourth-order valence-corrected chi connectivity index (χ4v) is 1.72. The topological polar surface area (TPSA) is 30.5 Å². The summed E-state index contributed by atoms with van der Waals surface area (Å²) in [6.45, 7) is 8.35. The minimum Gasteiger partial charge on any atom is -0.352 e. The van der Waals surface area contributed by atoms with Crippen molar-refractivity contribution in [2.24, 2.45) is 0 Å². The predicted molar refractivity (Wildman–Crippen MR) is 69.9 cm³/mol. The lowest BCUT2D eigenvalue weighted by molar-refractivity contribution is -0.133. The highest BCUT2D eigenvalue weighted by atomic mass is 19.1. The van der Waals surface area contributed by atoms with Crippen LogP contribution < -0.4 is 5.32 Å². The van der Waals surface area contributed by atoms with Crippen molar-refractivity contribution in [3.8, 4) is 0 Å². The smallest absolute Gasteiger partial charge is 0.169 e. The Bertz CT molecular complexity index is 352. The molecule has 0 aliphatic rings. The van der Waals surface area contributed by atoms with E-state index in [1.807, 2.05) is 20.8 Å². The Morgan fingerprint density at radius 3 is 2.44 bits per heavy atom. The molecule has 0 fully saturated rings. The second kappa shape index (κ2) is 8.19. The van der Waals surface area contributed by atoms with E-state index in [9.17, 15) is 4.39 Å². The molecule has 0 heterocycles. The average Bonchev–Trinajstić information content (AvgIpc) is 2.32. The highest BCUT2D eigenvalue weighted by Gasteiger charge is 2.07. The fourth-order valence-electron chi connectivity index (χ4n) is 1.72. The van der Waals surface area contributed by atoms with Crippen LogP contribution in [0.3, 0.4) is 0 Å². The number of halogens is 1. The van der Waals surface area contributed by atoms with Gasteiger partial charge in [0.1, 0.15) is 5.82 Å². The van der Waals surface area contributed by atoms with Gasteiger partial charge in [-0.3, -0.25) is 0 Å². The van der Waals surface area contributed by atoms with Crippen LogP contribution in [0.1, 0.15) is 25.0 Å². The van der Waals surface area contributed by atoms with Crippen molar-refractivity contribution in [3.05, 3.63) is 35.1 Å². The highest BCUT2D eigenvalue weighted by molar-refractivity contribution is 5.26. The van der Waals surface area contributed by atoms with Crippen LogP contribution in [0.2, 0.25) is 0 Å². The van der Waals surface area contributed by atoms with Crippen LogP contribution in [-0.4, -0.2) is 26.0 Å². The molecule has 0 saturated carbocycles. The van der Waals surface area contributed by atoms with Crippen molar-refractivity contribution >= 4 is 0 Å². The summed E-state index contributed by atoms with van der Waals surface area (Å²) < 4.78 is 23.8. The Kier molecular flexibility index (Phi) is 6.86. The van der Waals surface area contributed by atoms with E-state index in [0.717, 1.165) is 11.1 Å². The molecule has 0 aliphatic heterocycles. The van der Waals surface area contributed by atoms with Gasteiger partial charge in [0.25, 0.3) is 0 Å².